The second kappa shape index (κ2) is 10.4. The van der Waals surface area contributed by atoms with Crippen LogP contribution < -0.4 is 0 Å². The molecule has 0 saturated heterocycles. The van der Waals surface area contributed by atoms with Crippen molar-refractivity contribution in [1.82, 2.24) is 0 Å². The minimum Gasteiger partial charge on any atom is -0.373 e. The SMILES string of the molecule is CCCO[Si](CC(C)S)(OCCC)OCCC. The standard InChI is InChI=1S/C12H28O3SSi/c1-5-8-13-17(11-12(4)16,14-9-6-2)15-10-7-3/h12,16H,5-11H2,1-4H3. The molecular weight excluding hydrogens is 252 g/mol. The summed E-state index contributed by atoms with van der Waals surface area (Å²) in [6.07, 6.45) is 2.96. The summed E-state index contributed by atoms with van der Waals surface area (Å²) in [7, 11) is -2.50. The van der Waals surface area contributed by atoms with Crippen LogP contribution in [0.1, 0.15) is 47.0 Å². The maximum atomic E-state index is 5.94. The average Bonchev–Trinajstić information content (AvgIpc) is 2.30. The Morgan fingerprint density at radius 1 is 0.882 bits per heavy atom. The monoisotopic (exact) mass is 280 g/mol. The van der Waals surface area contributed by atoms with E-state index in [0.717, 1.165) is 25.3 Å². The Morgan fingerprint density at radius 2 is 1.24 bits per heavy atom. The molecule has 1 unspecified atom stereocenters. The molecule has 0 aliphatic heterocycles. The van der Waals surface area contributed by atoms with Crippen LogP contribution in [0, 0.1) is 0 Å². The molecule has 0 spiro atoms. The zero-order chi connectivity index (χ0) is 13.1. The van der Waals surface area contributed by atoms with Gasteiger partial charge in [0.25, 0.3) is 0 Å². The third kappa shape index (κ3) is 8.21. The van der Waals surface area contributed by atoms with E-state index < -0.39 is 8.80 Å². The Balaban J connectivity index is 4.51. The van der Waals surface area contributed by atoms with Crippen LogP contribution in [-0.2, 0) is 13.3 Å². The van der Waals surface area contributed by atoms with Crippen LogP contribution in [0.2, 0.25) is 6.04 Å². The summed E-state index contributed by atoms with van der Waals surface area (Å²) in [6.45, 7) is 10.5. The molecule has 3 nitrogen and oxygen atoms in total. The van der Waals surface area contributed by atoms with Crippen LogP contribution in [0.5, 0.6) is 0 Å². The minimum absolute atomic E-state index is 0.243. The van der Waals surface area contributed by atoms with E-state index >= 15 is 0 Å². The lowest BCUT2D eigenvalue weighted by molar-refractivity contribution is 0.0595. The molecule has 0 fully saturated rings. The van der Waals surface area contributed by atoms with E-state index in [4.69, 9.17) is 13.3 Å². The highest BCUT2D eigenvalue weighted by molar-refractivity contribution is 7.81. The number of thiol groups is 1. The first-order chi connectivity index (χ1) is 8.10. The fourth-order valence-corrected chi connectivity index (χ4v) is 4.98. The van der Waals surface area contributed by atoms with E-state index in [1.54, 1.807) is 0 Å². The summed E-state index contributed by atoms with van der Waals surface area (Å²) in [5.74, 6) is 0. The molecule has 17 heavy (non-hydrogen) atoms. The van der Waals surface area contributed by atoms with Gasteiger partial charge in [0.2, 0.25) is 0 Å². The molecule has 104 valence electrons. The first-order valence-electron chi connectivity index (χ1n) is 6.70. The van der Waals surface area contributed by atoms with Crippen LogP contribution >= 0.6 is 12.6 Å². The highest BCUT2D eigenvalue weighted by atomic mass is 32.1. The van der Waals surface area contributed by atoms with Crippen molar-refractivity contribution in [3.8, 4) is 0 Å². The summed E-state index contributed by atoms with van der Waals surface area (Å²) in [4.78, 5) is 0. The van der Waals surface area contributed by atoms with Crippen LogP contribution in [-0.4, -0.2) is 33.9 Å². The van der Waals surface area contributed by atoms with Crippen LogP contribution in [0.25, 0.3) is 0 Å². The summed E-state index contributed by atoms with van der Waals surface area (Å²) < 4.78 is 17.8. The van der Waals surface area contributed by atoms with E-state index in [1.807, 2.05) is 0 Å². The summed E-state index contributed by atoms with van der Waals surface area (Å²) in [6, 6.07) is 0.788. The van der Waals surface area contributed by atoms with Gasteiger partial charge in [0.1, 0.15) is 0 Å². The van der Waals surface area contributed by atoms with Gasteiger partial charge in [0, 0.05) is 31.1 Å². The molecule has 0 aliphatic rings. The lowest BCUT2D eigenvalue weighted by atomic mass is 10.5. The molecule has 0 aromatic heterocycles. The van der Waals surface area contributed by atoms with Gasteiger partial charge in [-0.3, -0.25) is 0 Å². The Hall–Kier alpha value is 0.447. The molecule has 0 radical (unpaired) electrons. The molecule has 0 aliphatic carbocycles. The summed E-state index contributed by atoms with van der Waals surface area (Å²) in [5, 5.41) is 0.243. The van der Waals surface area contributed by atoms with Crippen molar-refractivity contribution in [3.05, 3.63) is 0 Å². The van der Waals surface area contributed by atoms with Gasteiger partial charge in [-0.25, -0.2) is 0 Å². The molecule has 0 heterocycles. The highest BCUT2D eigenvalue weighted by Crippen LogP contribution is 2.21. The zero-order valence-corrected chi connectivity index (χ0v) is 13.6. The van der Waals surface area contributed by atoms with Gasteiger partial charge < -0.3 is 13.3 Å². The van der Waals surface area contributed by atoms with Crippen molar-refractivity contribution in [2.24, 2.45) is 0 Å². The highest BCUT2D eigenvalue weighted by Gasteiger charge is 2.41. The van der Waals surface area contributed by atoms with E-state index in [9.17, 15) is 0 Å². The lowest BCUT2D eigenvalue weighted by Gasteiger charge is -2.30. The average molecular weight is 281 g/mol. The minimum atomic E-state index is -2.50. The van der Waals surface area contributed by atoms with Crippen LogP contribution in [0.3, 0.4) is 0 Å². The van der Waals surface area contributed by atoms with Gasteiger partial charge in [-0.15, -0.1) is 0 Å². The van der Waals surface area contributed by atoms with Crippen molar-refractivity contribution in [2.75, 3.05) is 19.8 Å². The Morgan fingerprint density at radius 3 is 1.47 bits per heavy atom. The maximum absolute atomic E-state index is 5.94. The van der Waals surface area contributed by atoms with E-state index in [1.165, 1.54) is 0 Å². The number of rotatable bonds is 11. The molecule has 0 rings (SSSR count). The van der Waals surface area contributed by atoms with Gasteiger partial charge in [0.05, 0.1) is 0 Å². The first-order valence-corrected chi connectivity index (χ1v) is 9.15. The van der Waals surface area contributed by atoms with Crippen molar-refractivity contribution in [1.29, 1.82) is 0 Å². The number of hydrogen-bond donors (Lipinski definition) is 1. The van der Waals surface area contributed by atoms with Crippen molar-refractivity contribution >= 4 is 21.4 Å². The fourth-order valence-electron chi connectivity index (χ4n) is 1.44. The Bertz CT molecular complexity index is 157. The van der Waals surface area contributed by atoms with Crippen molar-refractivity contribution in [3.63, 3.8) is 0 Å². The molecule has 0 aromatic rings. The molecule has 1 atom stereocenters. The normalized spacial score (nSPS) is 13.9. The second-order valence-corrected chi connectivity index (χ2v) is 7.80. The van der Waals surface area contributed by atoms with Gasteiger partial charge in [-0.2, -0.15) is 12.6 Å². The van der Waals surface area contributed by atoms with Crippen LogP contribution in [0.4, 0.5) is 0 Å². The van der Waals surface area contributed by atoms with Gasteiger partial charge in [-0.05, 0) is 19.3 Å². The molecule has 0 bridgehead atoms. The number of hydrogen-bond acceptors (Lipinski definition) is 4. The van der Waals surface area contributed by atoms with E-state index in [0.29, 0.717) is 19.8 Å². The largest absolute Gasteiger partial charge is 0.502 e. The molecule has 0 aromatic carbocycles. The van der Waals surface area contributed by atoms with E-state index in [2.05, 4.69) is 40.3 Å². The fraction of sp³-hybridized carbons (Fsp3) is 1.00. The first kappa shape index (κ1) is 17.4. The summed E-state index contributed by atoms with van der Waals surface area (Å²) >= 11 is 4.45. The smallest absolute Gasteiger partial charge is 0.373 e. The molecular formula is C12H28O3SSi. The Labute approximate surface area is 113 Å². The van der Waals surface area contributed by atoms with E-state index in [-0.39, 0.29) is 5.25 Å². The van der Waals surface area contributed by atoms with Crippen molar-refractivity contribution in [2.45, 2.75) is 58.3 Å². The van der Waals surface area contributed by atoms with Gasteiger partial charge >= 0.3 is 8.80 Å². The topological polar surface area (TPSA) is 27.7 Å². The Kier molecular flexibility index (Phi) is 10.6. The van der Waals surface area contributed by atoms with Crippen LogP contribution in [0.15, 0.2) is 0 Å². The zero-order valence-electron chi connectivity index (χ0n) is 11.7. The predicted molar refractivity (Wildman–Crippen MR) is 77.7 cm³/mol. The molecule has 5 heteroatoms. The maximum Gasteiger partial charge on any atom is 0.502 e. The molecule has 0 N–H and O–H groups in total. The lowest BCUT2D eigenvalue weighted by Crippen LogP contribution is -2.48. The molecule has 0 saturated carbocycles. The predicted octanol–water partition coefficient (Wildman–Crippen LogP) is 3.52. The van der Waals surface area contributed by atoms with Gasteiger partial charge in [0.15, 0.2) is 0 Å². The van der Waals surface area contributed by atoms with Crippen molar-refractivity contribution < 1.29 is 13.3 Å². The van der Waals surface area contributed by atoms with Gasteiger partial charge in [-0.1, -0.05) is 27.7 Å². The molecule has 0 amide bonds. The third-order valence-corrected chi connectivity index (χ3v) is 5.69. The quantitative estimate of drug-likeness (QED) is 0.463. The second-order valence-electron chi connectivity index (χ2n) is 4.28. The third-order valence-electron chi connectivity index (χ3n) is 2.12. The summed E-state index contributed by atoms with van der Waals surface area (Å²) in [5.41, 5.74) is 0.